The number of likely N-dealkylation sites (N-methyl/N-ethyl adjacent to an activating group) is 1. The van der Waals surface area contributed by atoms with Crippen molar-refractivity contribution in [3.05, 3.63) is 65.7 Å². The summed E-state index contributed by atoms with van der Waals surface area (Å²) in [7, 11) is -2.30. The summed E-state index contributed by atoms with van der Waals surface area (Å²) >= 11 is 0. The van der Waals surface area contributed by atoms with Gasteiger partial charge in [0, 0.05) is 36.5 Å². The molecule has 0 aliphatic rings. The Morgan fingerprint density at radius 1 is 1.15 bits per heavy atom. The molecule has 0 aliphatic heterocycles. The minimum Gasteiger partial charge on any atom is -0.460 e. The smallest absolute Gasteiger partial charge is 0.374 e. The highest BCUT2D eigenvalue weighted by Crippen LogP contribution is 2.29. The number of sulfonamides is 1. The number of esters is 1. The topological polar surface area (TPSA) is 116 Å². The molecule has 2 heterocycles. The molecule has 4 rings (SSSR count). The third-order valence-corrected chi connectivity index (χ3v) is 7.07. The van der Waals surface area contributed by atoms with Crippen molar-refractivity contribution in [3.63, 3.8) is 0 Å². The van der Waals surface area contributed by atoms with Gasteiger partial charge >= 0.3 is 5.97 Å². The molecule has 4 aromatic rings. The Kier molecular flexibility index (Phi) is 6.30. The van der Waals surface area contributed by atoms with Gasteiger partial charge in [-0.15, -0.1) is 0 Å². The fraction of sp³-hybridized carbons (Fsp3) is 0.261. The van der Waals surface area contributed by atoms with Crippen LogP contribution in [-0.2, 0) is 21.2 Å². The van der Waals surface area contributed by atoms with Crippen LogP contribution in [0.1, 0.15) is 28.9 Å². The second-order valence-electron chi connectivity index (χ2n) is 7.39. The van der Waals surface area contributed by atoms with Crippen LogP contribution in [0.2, 0.25) is 0 Å². The number of aromatic nitrogens is 2. The Hall–Kier alpha value is -3.50. The van der Waals surface area contributed by atoms with Crippen LogP contribution >= 0.6 is 0 Å². The minimum atomic E-state index is -3.79. The summed E-state index contributed by atoms with van der Waals surface area (Å²) in [6.45, 7) is 3.77. The second-order valence-corrected chi connectivity index (χ2v) is 9.44. The van der Waals surface area contributed by atoms with Gasteiger partial charge in [0.1, 0.15) is 5.58 Å². The van der Waals surface area contributed by atoms with E-state index in [9.17, 15) is 13.2 Å². The van der Waals surface area contributed by atoms with Gasteiger partial charge < -0.3 is 13.7 Å². The van der Waals surface area contributed by atoms with Gasteiger partial charge in [0.05, 0.1) is 11.5 Å². The number of carbonyl (C=O) groups is 1. The zero-order chi connectivity index (χ0) is 23.6. The summed E-state index contributed by atoms with van der Waals surface area (Å²) in [6.07, 6.45) is 0.284. The predicted octanol–water partition coefficient (Wildman–Crippen LogP) is 3.83. The van der Waals surface area contributed by atoms with Crippen LogP contribution in [0.3, 0.4) is 0 Å². The molecule has 2 aromatic heterocycles. The average Bonchev–Trinajstić information content (AvgIpc) is 3.42. The van der Waals surface area contributed by atoms with Crippen molar-refractivity contribution in [2.24, 2.45) is 0 Å². The minimum absolute atomic E-state index is 0.0704. The number of carbonyl (C=O) groups excluding carboxylic acids is 1. The fourth-order valence-corrected chi connectivity index (χ4v) is 4.56. The lowest BCUT2D eigenvalue weighted by Gasteiger charge is -2.16. The summed E-state index contributed by atoms with van der Waals surface area (Å²) in [4.78, 5) is 16.5. The molecule has 0 aliphatic carbocycles. The van der Waals surface area contributed by atoms with Crippen molar-refractivity contribution in [1.29, 1.82) is 0 Å². The lowest BCUT2D eigenvalue weighted by Crippen LogP contribution is -2.29. The van der Waals surface area contributed by atoms with E-state index in [2.05, 4.69) is 10.1 Å². The van der Waals surface area contributed by atoms with Crippen molar-refractivity contribution >= 4 is 27.0 Å². The quantitative estimate of drug-likeness (QED) is 0.358. The second kappa shape index (κ2) is 9.16. The van der Waals surface area contributed by atoms with Gasteiger partial charge in [-0.05, 0) is 44.2 Å². The number of hydrogen-bond donors (Lipinski definition) is 0. The molecule has 0 unspecified atom stereocenters. The molecule has 0 amide bonds. The number of rotatable bonds is 8. The Morgan fingerprint density at radius 3 is 2.64 bits per heavy atom. The zero-order valence-electron chi connectivity index (χ0n) is 18.4. The molecule has 9 nitrogen and oxygen atoms in total. The fourth-order valence-electron chi connectivity index (χ4n) is 3.36. The SMILES string of the molecule is CCOC(=O)c1oc2ccc(S(=O)(=O)N(C)CCc3noc(-c4ccccc4)n3)cc2c1C. The third-order valence-electron chi connectivity index (χ3n) is 5.22. The van der Waals surface area contributed by atoms with Gasteiger partial charge in [-0.3, -0.25) is 0 Å². The maximum atomic E-state index is 13.1. The normalized spacial score (nSPS) is 11.9. The third kappa shape index (κ3) is 4.53. The highest BCUT2D eigenvalue weighted by molar-refractivity contribution is 7.89. The van der Waals surface area contributed by atoms with Crippen molar-refractivity contribution < 1.29 is 26.9 Å². The predicted molar refractivity (Wildman–Crippen MR) is 120 cm³/mol. The van der Waals surface area contributed by atoms with Gasteiger partial charge in [-0.1, -0.05) is 23.4 Å². The van der Waals surface area contributed by atoms with E-state index >= 15 is 0 Å². The van der Waals surface area contributed by atoms with Crippen LogP contribution in [0.15, 0.2) is 62.4 Å². The van der Waals surface area contributed by atoms with Crippen molar-refractivity contribution in [2.75, 3.05) is 20.2 Å². The molecule has 0 bridgehead atoms. The lowest BCUT2D eigenvalue weighted by molar-refractivity contribution is 0.0491. The maximum Gasteiger partial charge on any atom is 0.374 e. The molecular formula is C23H23N3O6S. The van der Waals surface area contributed by atoms with E-state index in [0.717, 1.165) is 5.56 Å². The first kappa shape index (κ1) is 22.7. The van der Waals surface area contributed by atoms with Crippen molar-refractivity contribution in [3.8, 4) is 11.5 Å². The number of hydrogen-bond acceptors (Lipinski definition) is 8. The average molecular weight is 470 g/mol. The zero-order valence-corrected chi connectivity index (χ0v) is 19.3. The largest absolute Gasteiger partial charge is 0.460 e. The van der Waals surface area contributed by atoms with Crippen LogP contribution in [0, 0.1) is 6.92 Å². The Balaban J connectivity index is 1.51. The van der Waals surface area contributed by atoms with Crippen molar-refractivity contribution in [1.82, 2.24) is 14.4 Å². The summed E-state index contributed by atoms with van der Waals surface area (Å²) in [5, 5.41) is 4.48. The first-order chi connectivity index (χ1) is 15.8. The van der Waals surface area contributed by atoms with Gasteiger partial charge in [0.2, 0.25) is 15.8 Å². The number of fused-ring (bicyclic) bond motifs is 1. The molecule has 0 spiro atoms. The van der Waals surface area contributed by atoms with E-state index in [1.807, 2.05) is 30.3 Å². The highest BCUT2D eigenvalue weighted by atomic mass is 32.2. The van der Waals surface area contributed by atoms with Crippen LogP contribution in [0.4, 0.5) is 0 Å². The van der Waals surface area contributed by atoms with E-state index in [1.165, 1.54) is 29.6 Å². The molecule has 0 fully saturated rings. The maximum absolute atomic E-state index is 13.1. The number of nitrogens with zero attached hydrogens (tertiary/aromatic N) is 3. The molecule has 0 radical (unpaired) electrons. The van der Waals surface area contributed by atoms with Gasteiger partial charge in [0.25, 0.3) is 5.89 Å². The molecule has 172 valence electrons. The number of aryl methyl sites for hydroxylation is 1. The molecule has 2 aromatic carbocycles. The van der Waals surface area contributed by atoms with Gasteiger partial charge in [-0.2, -0.15) is 4.98 Å². The monoisotopic (exact) mass is 469 g/mol. The lowest BCUT2D eigenvalue weighted by atomic mass is 10.1. The summed E-state index contributed by atoms with van der Waals surface area (Å²) in [5.74, 6) is 0.286. The standard InChI is InChI=1S/C23H23N3O6S/c1-4-30-23(27)21-15(2)18-14-17(10-11-19(18)31-21)33(28,29)26(3)13-12-20-24-22(32-25-20)16-8-6-5-7-9-16/h5-11,14H,4,12-13H2,1-3H3. The van der Waals surface area contributed by atoms with E-state index in [1.54, 1.807) is 13.8 Å². The van der Waals surface area contributed by atoms with E-state index < -0.39 is 16.0 Å². The summed E-state index contributed by atoms with van der Waals surface area (Å²) < 4.78 is 43.3. The van der Waals surface area contributed by atoms with Crippen molar-refractivity contribution in [2.45, 2.75) is 25.2 Å². The molecule has 10 heteroatoms. The van der Waals surface area contributed by atoms with Crippen LogP contribution in [0.25, 0.3) is 22.4 Å². The van der Waals surface area contributed by atoms with E-state index in [0.29, 0.717) is 28.2 Å². The van der Waals surface area contributed by atoms with Crippen LogP contribution < -0.4 is 0 Å². The van der Waals surface area contributed by atoms with Gasteiger partial charge in [0.15, 0.2) is 5.82 Å². The first-order valence-corrected chi connectivity index (χ1v) is 11.8. The molecule has 0 atom stereocenters. The molecule has 0 N–H and O–H groups in total. The molecule has 0 saturated carbocycles. The Bertz CT molecular complexity index is 1390. The number of ether oxygens (including phenoxy) is 1. The summed E-state index contributed by atoms with van der Waals surface area (Å²) in [6, 6.07) is 13.8. The molecule has 0 saturated heterocycles. The molecular weight excluding hydrogens is 446 g/mol. The highest BCUT2D eigenvalue weighted by Gasteiger charge is 2.25. The van der Waals surface area contributed by atoms with Gasteiger partial charge in [-0.25, -0.2) is 17.5 Å². The summed E-state index contributed by atoms with van der Waals surface area (Å²) in [5.41, 5.74) is 1.74. The van der Waals surface area contributed by atoms with Crippen LogP contribution in [-0.4, -0.2) is 49.0 Å². The van der Waals surface area contributed by atoms with E-state index in [4.69, 9.17) is 13.7 Å². The number of furan rings is 1. The molecule has 33 heavy (non-hydrogen) atoms. The Labute approximate surface area is 191 Å². The number of benzene rings is 2. The Morgan fingerprint density at radius 2 is 1.91 bits per heavy atom. The first-order valence-electron chi connectivity index (χ1n) is 10.4. The van der Waals surface area contributed by atoms with Crippen LogP contribution in [0.5, 0.6) is 0 Å². The van der Waals surface area contributed by atoms with E-state index in [-0.39, 0.29) is 30.2 Å².